The van der Waals surface area contributed by atoms with E-state index in [1.807, 2.05) is 0 Å². The predicted molar refractivity (Wildman–Crippen MR) is 62.3 cm³/mol. The fourth-order valence-electron chi connectivity index (χ4n) is 1.63. The molecule has 0 aliphatic carbocycles. The van der Waals surface area contributed by atoms with Gasteiger partial charge in [0.05, 0.1) is 6.26 Å². The Morgan fingerprint density at radius 3 is 2.20 bits per heavy atom. The second-order valence-corrected chi connectivity index (χ2v) is 5.82. The molecule has 1 rings (SSSR count). The van der Waals surface area contributed by atoms with Crippen LogP contribution >= 0.6 is 0 Å². The first-order valence-electron chi connectivity index (χ1n) is 5.36. The van der Waals surface area contributed by atoms with Crippen molar-refractivity contribution in [2.45, 2.75) is 13.3 Å². The van der Waals surface area contributed by atoms with E-state index < -0.39 is 10.0 Å². The van der Waals surface area contributed by atoms with E-state index >= 15 is 0 Å². The van der Waals surface area contributed by atoms with E-state index in [-0.39, 0.29) is 0 Å². The van der Waals surface area contributed by atoms with Crippen LogP contribution in [-0.4, -0.2) is 56.6 Å². The van der Waals surface area contributed by atoms with Crippen LogP contribution in [0.25, 0.3) is 0 Å². The molecule has 0 spiro atoms. The van der Waals surface area contributed by atoms with Gasteiger partial charge in [-0.2, -0.15) is 4.31 Å². The molecule has 0 amide bonds. The zero-order valence-corrected chi connectivity index (χ0v) is 10.3. The molecule has 0 unspecified atom stereocenters. The second kappa shape index (κ2) is 5.63. The lowest BCUT2D eigenvalue weighted by Gasteiger charge is -2.32. The molecule has 0 saturated carbocycles. The molecule has 0 aromatic carbocycles. The van der Waals surface area contributed by atoms with Gasteiger partial charge in [-0.1, -0.05) is 19.1 Å². The van der Waals surface area contributed by atoms with Crippen LogP contribution in [0.1, 0.15) is 13.3 Å². The Bertz CT molecular complexity index is 303. The Labute approximate surface area is 92.6 Å². The fourth-order valence-corrected chi connectivity index (χ4v) is 2.46. The maximum Gasteiger partial charge on any atom is 0.211 e. The van der Waals surface area contributed by atoms with Crippen LogP contribution in [-0.2, 0) is 10.0 Å². The molecule has 1 aliphatic rings. The number of nitrogens with zero attached hydrogens (tertiary/aromatic N) is 2. The van der Waals surface area contributed by atoms with Crippen LogP contribution < -0.4 is 0 Å². The lowest BCUT2D eigenvalue weighted by molar-refractivity contribution is 0.205. The topological polar surface area (TPSA) is 40.6 Å². The van der Waals surface area contributed by atoms with Gasteiger partial charge in [-0.25, -0.2) is 8.42 Å². The monoisotopic (exact) mass is 232 g/mol. The van der Waals surface area contributed by atoms with Gasteiger partial charge >= 0.3 is 0 Å². The Hall–Kier alpha value is -0.390. The maximum absolute atomic E-state index is 11.2. The van der Waals surface area contributed by atoms with Crippen LogP contribution in [0.2, 0.25) is 0 Å². The van der Waals surface area contributed by atoms with E-state index in [1.54, 1.807) is 4.31 Å². The summed E-state index contributed by atoms with van der Waals surface area (Å²) in [7, 11) is -2.99. The summed E-state index contributed by atoms with van der Waals surface area (Å²) in [6.07, 6.45) is 6.63. The molecule has 1 saturated heterocycles. The molecule has 88 valence electrons. The molecule has 0 bridgehead atoms. The second-order valence-electron chi connectivity index (χ2n) is 3.84. The van der Waals surface area contributed by atoms with Gasteiger partial charge in [0.2, 0.25) is 10.0 Å². The van der Waals surface area contributed by atoms with Crippen LogP contribution in [0.4, 0.5) is 0 Å². The van der Waals surface area contributed by atoms with Gasteiger partial charge in [0, 0.05) is 32.7 Å². The van der Waals surface area contributed by atoms with Gasteiger partial charge in [-0.3, -0.25) is 4.90 Å². The number of hydrogen-bond donors (Lipinski definition) is 0. The third kappa shape index (κ3) is 4.32. The summed E-state index contributed by atoms with van der Waals surface area (Å²) in [5.41, 5.74) is 0. The molecule has 1 heterocycles. The largest absolute Gasteiger partial charge is 0.297 e. The Morgan fingerprint density at radius 2 is 1.73 bits per heavy atom. The molecular formula is C10H20N2O2S. The number of hydrogen-bond acceptors (Lipinski definition) is 3. The van der Waals surface area contributed by atoms with Crippen molar-refractivity contribution in [2.75, 3.05) is 39.0 Å². The minimum Gasteiger partial charge on any atom is -0.297 e. The molecule has 1 fully saturated rings. The molecule has 5 heteroatoms. The van der Waals surface area contributed by atoms with Crippen LogP contribution in [0.5, 0.6) is 0 Å². The van der Waals surface area contributed by atoms with Gasteiger partial charge in [0.25, 0.3) is 0 Å². The number of allylic oxidation sites excluding steroid dienone is 1. The third-order valence-electron chi connectivity index (χ3n) is 2.57. The molecular weight excluding hydrogens is 212 g/mol. The lowest BCUT2D eigenvalue weighted by atomic mass is 10.3. The molecule has 0 atom stereocenters. The fraction of sp³-hybridized carbons (Fsp3) is 0.800. The molecule has 0 aromatic heterocycles. The average Bonchev–Trinajstić information content (AvgIpc) is 2.18. The third-order valence-corrected chi connectivity index (χ3v) is 3.87. The van der Waals surface area contributed by atoms with Crippen molar-refractivity contribution in [3.8, 4) is 0 Å². The minimum absolute atomic E-state index is 0.624. The Kier molecular flexibility index (Phi) is 4.76. The van der Waals surface area contributed by atoms with Gasteiger partial charge in [-0.05, 0) is 6.42 Å². The predicted octanol–water partition coefficient (Wildman–Crippen LogP) is 0.530. The first-order chi connectivity index (χ1) is 7.04. The van der Waals surface area contributed by atoms with Crippen molar-refractivity contribution in [1.82, 2.24) is 9.21 Å². The zero-order chi connectivity index (χ0) is 11.3. The molecule has 0 N–H and O–H groups in total. The first kappa shape index (κ1) is 12.7. The maximum atomic E-state index is 11.2. The van der Waals surface area contributed by atoms with Crippen LogP contribution in [0, 0.1) is 0 Å². The van der Waals surface area contributed by atoms with Crippen molar-refractivity contribution >= 4 is 10.0 Å². The highest BCUT2D eigenvalue weighted by atomic mass is 32.2. The van der Waals surface area contributed by atoms with Gasteiger partial charge in [0.1, 0.15) is 0 Å². The molecule has 0 aromatic rings. The number of sulfonamides is 1. The van der Waals surface area contributed by atoms with Crippen LogP contribution in [0.15, 0.2) is 12.2 Å². The highest BCUT2D eigenvalue weighted by molar-refractivity contribution is 7.88. The summed E-state index contributed by atoms with van der Waals surface area (Å²) in [6, 6.07) is 0. The highest BCUT2D eigenvalue weighted by Crippen LogP contribution is 2.05. The van der Waals surface area contributed by atoms with E-state index in [4.69, 9.17) is 0 Å². The quantitative estimate of drug-likeness (QED) is 0.664. The van der Waals surface area contributed by atoms with Crippen molar-refractivity contribution in [1.29, 1.82) is 0 Å². The standard InChI is InChI=1S/C10H20N2O2S/c1-3-4-5-6-11-7-9-12(10-8-11)15(2,13)14/h4-5H,3,6-10H2,1-2H3. The van der Waals surface area contributed by atoms with Crippen molar-refractivity contribution < 1.29 is 8.42 Å². The molecule has 4 nitrogen and oxygen atoms in total. The normalized spacial score (nSPS) is 21.2. The summed E-state index contributed by atoms with van der Waals surface area (Å²) < 4.78 is 24.0. The van der Waals surface area contributed by atoms with E-state index in [2.05, 4.69) is 24.0 Å². The molecule has 0 radical (unpaired) electrons. The van der Waals surface area contributed by atoms with E-state index in [0.717, 1.165) is 26.1 Å². The summed E-state index contributed by atoms with van der Waals surface area (Å²) in [5.74, 6) is 0. The highest BCUT2D eigenvalue weighted by Gasteiger charge is 2.22. The summed E-state index contributed by atoms with van der Waals surface area (Å²) in [4.78, 5) is 2.27. The van der Waals surface area contributed by atoms with Gasteiger partial charge in [-0.15, -0.1) is 0 Å². The Morgan fingerprint density at radius 1 is 1.13 bits per heavy atom. The zero-order valence-electron chi connectivity index (χ0n) is 9.52. The SMILES string of the molecule is CCC=CCN1CCN(S(C)(=O)=O)CC1. The van der Waals surface area contributed by atoms with Gasteiger partial charge in [0.15, 0.2) is 0 Å². The van der Waals surface area contributed by atoms with E-state index in [0.29, 0.717) is 13.1 Å². The number of rotatable bonds is 4. The average molecular weight is 232 g/mol. The molecule has 15 heavy (non-hydrogen) atoms. The van der Waals surface area contributed by atoms with Crippen molar-refractivity contribution in [2.24, 2.45) is 0 Å². The van der Waals surface area contributed by atoms with E-state index in [9.17, 15) is 8.42 Å². The number of piperazine rings is 1. The molecule has 1 aliphatic heterocycles. The van der Waals surface area contributed by atoms with Gasteiger partial charge < -0.3 is 0 Å². The van der Waals surface area contributed by atoms with Crippen molar-refractivity contribution in [3.05, 3.63) is 12.2 Å². The Balaban J connectivity index is 2.33. The van der Waals surface area contributed by atoms with Crippen LogP contribution in [0.3, 0.4) is 0 Å². The minimum atomic E-state index is -2.99. The lowest BCUT2D eigenvalue weighted by Crippen LogP contribution is -2.48. The van der Waals surface area contributed by atoms with Crippen molar-refractivity contribution in [3.63, 3.8) is 0 Å². The smallest absolute Gasteiger partial charge is 0.211 e. The van der Waals surface area contributed by atoms with E-state index in [1.165, 1.54) is 6.26 Å². The summed E-state index contributed by atoms with van der Waals surface area (Å²) in [6.45, 7) is 5.96. The summed E-state index contributed by atoms with van der Waals surface area (Å²) in [5, 5.41) is 0. The first-order valence-corrected chi connectivity index (χ1v) is 7.21. The summed E-state index contributed by atoms with van der Waals surface area (Å²) >= 11 is 0.